The monoisotopic (exact) mass is 442 g/mol. The fourth-order valence-electron chi connectivity index (χ4n) is 3.60. The van der Waals surface area contributed by atoms with E-state index in [1.54, 1.807) is 0 Å². The van der Waals surface area contributed by atoms with Crippen molar-refractivity contribution in [3.05, 3.63) is 66.1 Å². The molecule has 1 aliphatic heterocycles. The number of para-hydroxylation sites is 2. The standard InChI is InChI=1S/C23H23FN2O6/c1-22(2,11-14-12-25-17-9-5-3-7-15(14)17)26-13-19(27)23(31-20(28)21(29)32-23)30-18-10-6-4-8-16(18)24/h3-10,12,19,25-27H,11,13H2,1-2H3. The van der Waals surface area contributed by atoms with E-state index < -0.39 is 35.4 Å². The van der Waals surface area contributed by atoms with Crippen LogP contribution < -0.4 is 10.1 Å². The first kappa shape index (κ1) is 21.8. The maximum absolute atomic E-state index is 14.1. The maximum Gasteiger partial charge on any atom is 0.451 e. The Bertz CT molecular complexity index is 1140. The molecule has 8 nitrogen and oxygen atoms in total. The molecule has 32 heavy (non-hydrogen) atoms. The molecule has 3 N–H and O–H groups in total. The SMILES string of the molecule is CC(C)(Cc1c[nH]c2ccccc12)NCC(O)C1(Oc2ccccc2F)OC(=O)C(=O)O1. The zero-order chi connectivity index (χ0) is 22.9. The van der Waals surface area contributed by atoms with Crippen molar-refractivity contribution >= 4 is 22.8 Å². The molecule has 0 spiro atoms. The average molecular weight is 442 g/mol. The molecule has 3 aromatic rings. The number of fused-ring (bicyclic) bond motifs is 1. The number of ether oxygens (including phenoxy) is 3. The van der Waals surface area contributed by atoms with Gasteiger partial charge in [0.25, 0.3) is 0 Å². The molecule has 1 fully saturated rings. The lowest BCUT2D eigenvalue weighted by atomic mass is 9.94. The Kier molecular flexibility index (Phi) is 5.62. The van der Waals surface area contributed by atoms with E-state index in [2.05, 4.69) is 10.3 Å². The summed E-state index contributed by atoms with van der Waals surface area (Å²) < 4.78 is 29.3. The molecule has 1 atom stereocenters. The fourth-order valence-corrected chi connectivity index (χ4v) is 3.60. The van der Waals surface area contributed by atoms with Crippen LogP contribution in [-0.2, 0) is 25.5 Å². The number of esters is 2. The number of aromatic nitrogens is 1. The average Bonchev–Trinajstić information content (AvgIpc) is 3.28. The van der Waals surface area contributed by atoms with Gasteiger partial charge in [-0.15, -0.1) is 0 Å². The molecule has 0 saturated carbocycles. The Hall–Kier alpha value is -3.43. The van der Waals surface area contributed by atoms with Gasteiger partial charge in [-0.05, 0) is 44.0 Å². The predicted molar refractivity (Wildman–Crippen MR) is 112 cm³/mol. The Morgan fingerprint density at radius 1 is 1.12 bits per heavy atom. The van der Waals surface area contributed by atoms with Crippen LogP contribution in [0.5, 0.6) is 5.75 Å². The number of carbonyl (C=O) groups is 2. The number of hydrogen-bond donors (Lipinski definition) is 3. The van der Waals surface area contributed by atoms with Gasteiger partial charge in [-0.2, -0.15) is 0 Å². The Balaban J connectivity index is 1.49. The third kappa shape index (κ3) is 4.30. The molecule has 9 heteroatoms. The van der Waals surface area contributed by atoms with Gasteiger partial charge in [-0.1, -0.05) is 30.3 Å². The minimum atomic E-state index is -2.50. The van der Waals surface area contributed by atoms with Gasteiger partial charge in [-0.3, -0.25) is 0 Å². The van der Waals surface area contributed by atoms with Crippen LogP contribution in [0.1, 0.15) is 19.4 Å². The van der Waals surface area contributed by atoms with Gasteiger partial charge in [-0.25, -0.2) is 14.0 Å². The largest absolute Gasteiger partial charge is 0.451 e. The molecule has 2 aromatic carbocycles. The lowest BCUT2D eigenvalue weighted by Crippen LogP contribution is -2.56. The third-order valence-electron chi connectivity index (χ3n) is 5.21. The van der Waals surface area contributed by atoms with Crippen LogP contribution >= 0.6 is 0 Å². The second kappa shape index (κ2) is 8.25. The third-order valence-corrected chi connectivity index (χ3v) is 5.21. The number of hydrogen-bond acceptors (Lipinski definition) is 7. The first-order valence-corrected chi connectivity index (χ1v) is 10.1. The van der Waals surface area contributed by atoms with Crippen molar-refractivity contribution in [1.29, 1.82) is 0 Å². The quantitative estimate of drug-likeness (QED) is 0.363. The smallest absolute Gasteiger partial charge is 0.415 e. The highest BCUT2D eigenvalue weighted by atomic mass is 19.1. The maximum atomic E-state index is 14.1. The van der Waals surface area contributed by atoms with Crippen LogP contribution in [0.2, 0.25) is 0 Å². The number of aromatic amines is 1. The van der Waals surface area contributed by atoms with E-state index in [9.17, 15) is 19.1 Å². The van der Waals surface area contributed by atoms with E-state index in [1.807, 2.05) is 44.3 Å². The van der Waals surface area contributed by atoms with E-state index in [1.165, 1.54) is 18.2 Å². The van der Waals surface area contributed by atoms with Crippen LogP contribution in [0.25, 0.3) is 10.9 Å². The first-order chi connectivity index (χ1) is 15.2. The van der Waals surface area contributed by atoms with Crippen molar-refractivity contribution < 1.29 is 33.3 Å². The number of aliphatic hydroxyl groups is 1. The molecule has 1 aromatic heterocycles. The van der Waals surface area contributed by atoms with E-state index in [0.717, 1.165) is 22.5 Å². The van der Waals surface area contributed by atoms with E-state index in [4.69, 9.17) is 14.2 Å². The highest BCUT2D eigenvalue weighted by Crippen LogP contribution is 2.31. The number of H-pyrrole nitrogens is 1. The molecule has 0 bridgehead atoms. The number of halogens is 1. The summed E-state index contributed by atoms with van der Waals surface area (Å²) in [7, 11) is 0. The van der Waals surface area contributed by atoms with Gasteiger partial charge >= 0.3 is 17.9 Å². The van der Waals surface area contributed by atoms with Crippen LogP contribution in [0.3, 0.4) is 0 Å². The van der Waals surface area contributed by atoms with Gasteiger partial charge in [0.15, 0.2) is 17.7 Å². The van der Waals surface area contributed by atoms with E-state index >= 15 is 0 Å². The minimum absolute atomic E-state index is 0.176. The summed E-state index contributed by atoms with van der Waals surface area (Å²) in [5.74, 6) is -6.28. The van der Waals surface area contributed by atoms with E-state index in [0.29, 0.717) is 6.42 Å². The van der Waals surface area contributed by atoms with Gasteiger partial charge in [0.2, 0.25) is 0 Å². The Morgan fingerprint density at radius 3 is 2.50 bits per heavy atom. The topological polar surface area (TPSA) is 110 Å². The molecule has 1 aliphatic rings. The summed E-state index contributed by atoms with van der Waals surface area (Å²) in [6, 6.07) is 13.2. The van der Waals surface area contributed by atoms with Crippen LogP contribution in [-0.4, -0.2) is 46.2 Å². The number of rotatable bonds is 8. The molecular weight excluding hydrogens is 419 g/mol. The predicted octanol–water partition coefficient (Wildman–Crippen LogP) is 2.41. The van der Waals surface area contributed by atoms with E-state index in [-0.39, 0.29) is 12.3 Å². The first-order valence-electron chi connectivity index (χ1n) is 10.1. The minimum Gasteiger partial charge on any atom is -0.415 e. The molecular formula is C23H23FN2O6. The summed E-state index contributed by atoms with van der Waals surface area (Å²) in [5.41, 5.74) is 1.57. The summed E-state index contributed by atoms with van der Waals surface area (Å²) >= 11 is 0. The lowest BCUT2D eigenvalue weighted by Gasteiger charge is -2.33. The highest BCUT2D eigenvalue weighted by Gasteiger charge is 2.57. The summed E-state index contributed by atoms with van der Waals surface area (Å²) in [5, 5.41) is 15.0. The van der Waals surface area contributed by atoms with Crippen molar-refractivity contribution in [3.8, 4) is 5.75 Å². The number of carbonyl (C=O) groups excluding carboxylic acids is 2. The van der Waals surface area contributed by atoms with Gasteiger partial charge in [0.1, 0.15) is 0 Å². The van der Waals surface area contributed by atoms with Gasteiger partial charge < -0.3 is 29.6 Å². The number of β-amino-alcohol motifs (C(OH)–C–C–N with tert-alkyl or cyclic N) is 1. The van der Waals surface area contributed by atoms with Gasteiger partial charge in [0, 0.05) is 29.2 Å². The number of benzene rings is 2. The molecule has 0 aliphatic carbocycles. The molecule has 168 valence electrons. The zero-order valence-electron chi connectivity index (χ0n) is 17.6. The van der Waals surface area contributed by atoms with Gasteiger partial charge in [0.05, 0.1) is 0 Å². The van der Waals surface area contributed by atoms with Crippen molar-refractivity contribution in [1.82, 2.24) is 10.3 Å². The normalized spacial score (nSPS) is 16.6. The Labute approximate surface area is 183 Å². The molecule has 4 rings (SSSR count). The van der Waals surface area contributed by atoms with Crippen molar-refractivity contribution in [2.75, 3.05) is 6.54 Å². The van der Waals surface area contributed by atoms with Crippen molar-refractivity contribution in [3.63, 3.8) is 0 Å². The lowest BCUT2D eigenvalue weighted by molar-refractivity contribution is -0.316. The van der Waals surface area contributed by atoms with Crippen LogP contribution in [0.15, 0.2) is 54.7 Å². The summed E-state index contributed by atoms with van der Waals surface area (Å²) in [6.45, 7) is 3.68. The second-order valence-corrected chi connectivity index (χ2v) is 8.23. The van der Waals surface area contributed by atoms with Crippen LogP contribution in [0, 0.1) is 5.82 Å². The van der Waals surface area contributed by atoms with Crippen LogP contribution in [0.4, 0.5) is 4.39 Å². The number of cyclic esters (lactones) is 2. The molecule has 2 heterocycles. The second-order valence-electron chi connectivity index (χ2n) is 8.23. The zero-order valence-corrected chi connectivity index (χ0v) is 17.6. The summed E-state index contributed by atoms with van der Waals surface area (Å²) in [4.78, 5) is 26.6. The fraction of sp³-hybridized carbons (Fsp3) is 0.304. The van der Waals surface area contributed by atoms with Crippen molar-refractivity contribution in [2.24, 2.45) is 0 Å². The molecule has 0 amide bonds. The molecule has 1 unspecified atom stereocenters. The highest BCUT2D eigenvalue weighted by molar-refractivity contribution is 6.31. The Morgan fingerprint density at radius 2 is 1.78 bits per heavy atom. The molecule has 0 radical (unpaired) electrons. The number of nitrogens with one attached hydrogen (secondary N) is 2. The summed E-state index contributed by atoms with van der Waals surface area (Å²) in [6.07, 6.45) is 0.887. The molecule has 1 saturated heterocycles. The number of aliphatic hydroxyl groups excluding tert-OH is 1. The van der Waals surface area contributed by atoms with Crippen molar-refractivity contribution in [2.45, 2.75) is 37.9 Å².